The van der Waals surface area contributed by atoms with Gasteiger partial charge in [0, 0.05) is 30.2 Å². The molecule has 1 aromatic heterocycles. The summed E-state index contributed by atoms with van der Waals surface area (Å²) in [6.45, 7) is 2.95. The van der Waals surface area contributed by atoms with Crippen LogP contribution in [-0.4, -0.2) is 41.9 Å². The molecular formula is C24H28N2O3S2. The van der Waals surface area contributed by atoms with Gasteiger partial charge in [-0.2, -0.15) is 10.2 Å². The molecule has 0 radical (unpaired) electrons. The normalized spacial score (nSPS) is 15.1. The highest BCUT2D eigenvalue weighted by Gasteiger charge is 2.36. The van der Waals surface area contributed by atoms with Crippen LogP contribution in [0.2, 0.25) is 0 Å². The van der Waals surface area contributed by atoms with Crippen LogP contribution in [0.15, 0.2) is 36.5 Å². The number of hydrogen-bond acceptors (Lipinski definition) is 7. The first-order valence-electron chi connectivity index (χ1n) is 10.4. The molecule has 0 bridgehead atoms. The van der Waals surface area contributed by atoms with Crippen LogP contribution in [0, 0.1) is 11.8 Å². The number of carbonyl (C=O) groups excluding carboxylic acids is 1. The summed E-state index contributed by atoms with van der Waals surface area (Å²) in [4.78, 5) is 11.7. The zero-order valence-corrected chi connectivity index (χ0v) is 19.9. The Morgan fingerprint density at radius 2 is 2.16 bits per heavy atom. The summed E-state index contributed by atoms with van der Waals surface area (Å²) < 4.78 is 10.9. The van der Waals surface area contributed by atoms with Crippen molar-refractivity contribution in [2.24, 2.45) is 0 Å². The van der Waals surface area contributed by atoms with Gasteiger partial charge in [-0.1, -0.05) is 11.8 Å². The predicted octanol–water partition coefficient (Wildman–Crippen LogP) is 5.01. The third-order valence-corrected chi connectivity index (χ3v) is 8.42. The van der Waals surface area contributed by atoms with Gasteiger partial charge in [-0.15, -0.1) is 23.5 Å². The highest BCUT2D eigenvalue weighted by atomic mass is 32.2. The molecule has 31 heavy (non-hydrogen) atoms. The Morgan fingerprint density at radius 3 is 2.87 bits per heavy atom. The lowest BCUT2D eigenvalue weighted by molar-refractivity contribution is -0.143. The molecule has 1 aromatic carbocycles. The van der Waals surface area contributed by atoms with Crippen molar-refractivity contribution in [1.29, 1.82) is 0 Å². The number of rotatable bonds is 8. The fourth-order valence-electron chi connectivity index (χ4n) is 3.62. The Labute approximate surface area is 193 Å². The van der Waals surface area contributed by atoms with E-state index in [0.29, 0.717) is 19.4 Å². The first-order chi connectivity index (χ1) is 15.1. The summed E-state index contributed by atoms with van der Waals surface area (Å²) in [5.74, 6) is 7.38. The number of carbonyl (C=O) groups is 1. The fourth-order valence-corrected chi connectivity index (χ4v) is 5.62. The average Bonchev–Trinajstić information content (AvgIpc) is 2.81. The van der Waals surface area contributed by atoms with Gasteiger partial charge < -0.3 is 9.47 Å². The van der Waals surface area contributed by atoms with Crippen molar-refractivity contribution in [2.75, 3.05) is 25.7 Å². The lowest BCUT2D eigenvalue weighted by Crippen LogP contribution is -2.26. The highest BCUT2D eigenvalue weighted by molar-refractivity contribution is 8.16. The second-order valence-corrected chi connectivity index (χ2v) is 9.61. The maximum atomic E-state index is 11.7. The fraction of sp³-hybridized carbons (Fsp3) is 0.458. The summed E-state index contributed by atoms with van der Waals surface area (Å²) in [5, 5.41) is 8.25. The van der Waals surface area contributed by atoms with Crippen LogP contribution in [0.4, 0.5) is 0 Å². The van der Waals surface area contributed by atoms with Gasteiger partial charge in [-0.3, -0.25) is 4.79 Å². The number of ether oxygens (including phenoxy) is 2. The Hall–Kier alpha value is -2.17. The molecule has 0 N–H and O–H groups in total. The summed E-state index contributed by atoms with van der Waals surface area (Å²) in [6.07, 6.45) is 8.71. The van der Waals surface area contributed by atoms with E-state index in [1.807, 2.05) is 54.7 Å². The molecule has 0 saturated heterocycles. The molecule has 1 aliphatic heterocycles. The molecule has 0 fully saturated rings. The van der Waals surface area contributed by atoms with Gasteiger partial charge in [0.05, 0.1) is 28.9 Å². The largest absolute Gasteiger partial charge is 0.493 e. The number of nitrogens with zero attached hydrogens (tertiary/aromatic N) is 2. The van der Waals surface area contributed by atoms with Crippen molar-refractivity contribution in [3.8, 4) is 17.6 Å². The highest BCUT2D eigenvalue weighted by Crippen LogP contribution is 2.52. The molecule has 0 aliphatic carbocycles. The van der Waals surface area contributed by atoms with Crippen molar-refractivity contribution in [2.45, 2.75) is 42.6 Å². The topological polar surface area (TPSA) is 61.3 Å². The molecule has 2 aromatic rings. The summed E-state index contributed by atoms with van der Waals surface area (Å²) >= 11 is 3.71. The lowest BCUT2D eigenvalue weighted by Gasteiger charge is -2.36. The minimum atomic E-state index is -0.173. The Kier molecular flexibility index (Phi) is 8.68. The third kappa shape index (κ3) is 5.96. The van der Waals surface area contributed by atoms with E-state index in [9.17, 15) is 4.79 Å². The molecule has 5 nitrogen and oxygen atoms in total. The van der Waals surface area contributed by atoms with E-state index < -0.39 is 0 Å². The molecule has 0 saturated carbocycles. The number of thioether (sulfide) groups is 2. The molecule has 2 heterocycles. The standard InChI is InChI=1S/C24H28N2O3S2/c1-4-28-23(27)9-5-7-19(21-8-6-15-25-26-21)12-10-18-11-13-22-20(17-18)24(30-2,31-3)14-16-29-22/h6,8,11,13,15,17,19H,4-5,7,9,14,16H2,1-3H3. The number of esters is 1. The van der Waals surface area contributed by atoms with E-state index >= 15 is 0 Å². The maximum Gasteiger partial charge on any atom is 0.305 e. The quantitative estimate of drug-likeness (QED) is 0.314. The minimum absolute atomic E-state index is 0.00474. The van der Waals surface area contributed by atoms with Crippen molar-refractivity contribution in [3.63, 3.8) is 0 Å². The van der Waals surface area contributed by atoms with Crippen LogP contribution in [0.5, 0.6) is 5.75 Å². The van der Waals surface area contributed by atoms with Gasteiger partial charge in [0.2, 0.25) is 0 Å². The Bertz CT molecular complexity index is 937. The Morgan fingerprint density at radius 1 is 1.32 bits per heavy atom. The second-order valence-electron chi connectivity index (χ2n) is 7.14. The number of hydrogen-bond donors (Lipinski definition) is 0. The van der Waals surface area contributed by atoms with E-state index in [4.69, 9.17) is 9.47 Å². The number of benzene rings is 1. The second kappa shape index (κ2) is 11.4. The van der Waals surface area contributed by atoms with E-state index in [2.05, 4.69) is 40.6 Å². The first kappa shape index (κ1) is 23.5. The van der Waals surface area contributed by atoms with Crippen LogP contribution >= 0.6 is 23.5 Å². The van der Waals surface area contributed by atoms with Crippen LogP contribution in [-0.2, 0) is 13.6 Å². The number of aromatic nitrogens is 2. The smallest absolute Gasteiger partial charge is 0.305 e. The van der Waals surface area contributed by atoms with Crippen LogP contribution in [0.25, 0.3) is 0 Å². The zero-order valence-electron chi connectivity index (χ0n) is 18.2. The summed E-state index contributed by atoms with van der Waals surface area (Å²) in [6, 6.07) is 9.99. The lowest BCUT2D eigenvalue weighted by atomic mass is 9.97. The van der Waals surface area contributed by atoms with Crippen LogP contribution < -0.4 is 4.74 Å². The molecular weight excluding hydrogens is 428 g/mol. The molecule has 164 valence electrons. The van der Waals surface area contributed by atoms with E-state index in [-0.39, 0.29) is 16.0 Å². The maximum absolute atomic E-state index is 11.7. The SMILES string of the molecule is CCOC(=O)CCCC(C#Cc1ccc2c(c1)C(SC)(SC)CCO2)c1cccnn1. The molecule has 3 rings (SSSR count). The first-order valence-corrected chi connectivity index (χ1v) is 12.9. The van der Waals surface area contributed by atoms with Crippen molar-refractivity contribution in [3.05, 3.63) is 53.3 Å². The van der Waals surface area contributed by atoms with E-state index in [1.165, 1.54) is 5.56 Å². The summed E-state index contributed by atoms with van der Waals surface area (Å²) in [5.41, 5.74) is 2.97. The van der Waals surface area contributed by atoms with Crippen LogP contribution in [0.1, 0.15) is 55.3 Å². The minimum Gasteiger partial charge on any atom is -0.493 e. The average molecular weight is 457 g/mol. The van der Waals surface area contributed by atoms with Crippen LogP contribution in [0.3, 0.4) is 0 Å². The van der Waals surface area contributed by atoms with Gasteiger partial charge in [0.15, 0.2) is 0 Å². The molecule has 1 aliphatic rings. The van der Waals surface area contributed by atoms with Gasteiger partial charge in [-0.05, 0) is 62.6 Å². The van der Waals surface area contributed by atoms with E-state index in [1.54, 1.807) is 6.20 Å². The molecule has 1 unspecified atom stereocenters. The molecule has 7 heteroatoms. The monoisotopic (exact) mass is 456 g/mol. The van der Waals surface area contributed by atoms with Gasteiger partial charge >= 0.3 is 5.97 Å². The van der Waals surface area contributed by atoms with Gasteiger partial charge in [0.1, 0.15) is 5.75 Å². The van der Waals surface area contributed by atoms with Crippen molar-refractivity contribution < 1.29 is 14.3 Å². The van der Waals surface area contributed by atoms with Gasteiger partial charge in [0.25, 0.3) is 0 Å². The molecule has 1 atom stereocenters. The number of fused-ring (bicyclic) bond motifs is 1. The van der Waals surface area contributed by atoms with Crippen molar-refractivity contribution >= 4 is 29.5 Å². The predicted molar refractivity (Wildman–Crippen MR) is 127 cm³/mol. The van der Waals surface area contributed by atoms with E-state index in [0.717, 1.165) is 36.5 Å². The molecule has 0 amide bonds. The Balaban J connectivity index is 1.82. The van der Waals surface area contributed by atoms with Crippen molar-refractivity contribution in [1.82, 2.24) is 10.2 Å². The third-order valence-electron chi connectivity index (χ3n) is 5.26. The zero-order chi connectivity index (χ0) is 22.1. The summed E-state index contributed by atoms with van der Waals surface area (Å²) in [7, 11) is 0. The van der Waals surface area contributed by atoms with Gasteiger partial charge in [-0.25, -0.2) is 0 Å². The molecule has 0 spiro atoms.